The van der Waals surface area contributed by atoms with Crippen LogP contribution in [-0.2, 0) is 24.3 Å². The number of carbonyl (C=O) groups is 1. The van der Waals surface area contributed by atoms with Gasteiger partial charge in [0.1, 0.15) is 0 Å². The van der Waals surface area contributed by atoms with Gasteiger partial charge in [0, 0.05) is 25.2 Å². The van der Waals surface area contributed by atoms with E-state index in [-0.39, 0.29) is 11.4 Å². The lowest BCUT2D eigenvalue weighted by Crippen LogP contribution is -2.59. The third-order valence-corrected chi connectivity index (χ3v) is 6.50. The number of rotatable bonds is 4. The molecule has 154 valence electrons. The largest absolute Gasteiger partial charge is 0.335 e. The van der Waals surface area contributed by atoms with Crippen molar-refractivity contribution in [3.8, 4) is 0 Å². The Bertz CT molecular complexity index is 835. The van der Waals surface area contributed by atoms with Crippen LogP contribution in [0.3, 0.4) is 0 Å². The topological polar surface area (TPSA) is 26.8 Å². The number of hydrogen-bond donors (Lipinski definition) is 0. The van der Waals surface area contributed by atoms with Gasteiger partial charge in [0.15, 0.2) is 0 Å². The number of fused-ring (bicyclic) bond motifs is 1. The SMILES string of the molecule is CN(C)CC(=O)N1Cc2ccccc2CC2(CCCCN2Cc2ccccc2)C1. The lowest BCUT2D eigenvalue weighted by molar-refractivity contribution is -0.135. The standard InChI is InChI=1S/C25H33N3O/c1-26(2)19-24(29)27-18-23-13-7-6-12-22(23)16-25(20-27)14-8-9-15-28(25)17-21-10-4-3-5-11-21/h3-7,10-13H,8-9,14-20H2,1-2H3. The first-order chi connectivity index (χ1) is 14.1. The molecule has 2 aliphatic rings. The second-order valence-corrected chi connectivity index (χ2v) is 9.02. The van der Waals surface area contributed by atoms with Crippen molar-refractivity contribution in [1.82, 2.24) is 14.7 Å². The highest BCUT2D eigenvalue weighted by Crippen LogP contribution is 2.37. The number of carbonyl (C=O) groups excluding carboxylic acids is 1. The summed E-state index contributed by atoms with van der Waals surface area (Å²) in [5.41, 5.74) is 4.09. The van der Waals surface area contributed by atoms with Gasteiger partial charge in [-0.25, -0.2) is 0 Å². The molecule has 29 heavy (non-hydrogen) atoms. The molecular formula is C25H33N3O. The highest BCUT2D eigenvalue weighted by molar-refractivity contribution is 5.78. The van der Waals surface area contributed by atoms with Gasteiger partial charge < -0.3 is 9.80 Å². The summed E-state index contributed by atoms with van der Waals surface area (Å²) in [6.07, 6.45) is 4.66. The van der Waals surface area contributed by atoms with Crippen LogP contribution in [0.5, 0.6) is 0 Å². The fourth-order valence-corrected chi connectivity index (χ4v) is 5.04. The molecule has 0 radical (unpaired) electrons. The third kappa shape index (κ3) is 4.54. The highest BCUT2D eigenvalue weighted by atomic mass is 16.2. The van der Waals surface area contributed by atoms with E-state index >= 15 is 0 Å². The van der Waals surface area contributed by atoms with Gasteiger partial charge in [-0.3, -0.25) is 9.69 Å². The van der Waals surface area contributed by atoms with Crippen LogP contribution in [-0.4, -0.2) is 59.9 Å². The van der Waals surface area contributed by atoms with E-state index in [1.807, 2.05) is 19.0 Å². The molecule has 1 unspecified atom stereocenters. The first kappa shape index (κ1) is 20.1. The number of benzene rings is 2. The van der Waals surface area contributed by atoms with Crippen molar-refractivity contribution < 1.29 is 4.79 Å². The minimum absolute atomic E-state index is 0.0165. The van der Waals surface area contributed by atoms with Crippen molar-refractivity contribution in [3.05, 3.63) is 71.3 Å². The Hall–Kier alpha value is -2.17. The lowest BCUT2D eigenvalue weighted by Gasteiger charge is -2.49. The molecule has 0 aromatic heterocycles. The molecule has 1 fully saturated rings. The van der Waals surface area contributed by atoms with Crippen molar-refractivity contribution in [2.24, 2.45) is 0 Å². The minimum Gasteiger partial charge on any atom is -0.335 e. The fraction of sp³-hybridized carbons (Fsp3) is 0.480. The summed E-state index contributed by atoms with van der Waals surface area (Å²) < 4.78 is 0. The van der Waals surface area contributed by atoms with E-state index in [1.165, 1.54) is 29.5 Å². The average molecular weight is 392 g/mol. The molecule has 1 saturated heterocycles. The quantitative estimate of drug-likeness (QED) is 0.797. The minimum atomic E-state index is 0.0165. The van der Waals surface area contributed by atoms with E-state index in [0.29, 0.717) is 6.54 Å². The van der Waals surface area contributed by atoms with E-state index in [1.54, 1.807) is 0 Å². The molecule has 4 rings (SSSR count). The van der Waals surface area contributed by atoms with Crippen LogP contribution in [0.15, 0.2) is 54.6 Å². The third-order valence-electron chi connectivity index (χ3n) is 6.50. The molecule has 4 nitrogen and oxygen atoms in total. The zero-order chi connectivity index (χ0) is 20.3. The van der Waals surface area contributed by atoms with Crippen LogP contribution >= 0.6 is 0 Å². The van der Waals surface area contributed by atoms with Crippen LogP contribution in [0.1, 0.15) is 36.0 Å². The van der Waals surface area contributed by atoms with Crippen LogP contribution in [0.4, 0.5) is 0 Å². The van der Waals surface area contributed by atoms with Gasteiger partial charge in [-0.2, -0.15) is 0 Å². The number of likely N-dealkylation sites (N-methyl/N-ethyl adjacent to an activating group) is 1. The number of nitrogens with zero attached hydrogens (tertiary/aromatic N) is 3. The van der Waals surface area contributed by atoms with Gasteiger partial charge in [0.25, 0.3) is 0 Å². The van der Waals surface area contributed by atoms with Crippen LogP contribution in [0.25, 0.3) is 0 Å². The maximum absolute atomic E-state index is 13.1. The Balaban J connectivity index is 1.69. The first-order valence-electron chi connectivity index (χ1n) is 10.8. The van der Waals surface area contributed by atoms with Crippen molar-refractivity contribution in [2.75, 3.05) is 33.7 Å². The van der Waals surface area contributed by atoms with Gasteiger partial charge in [-0.05, 0) is 56.6 Å². The molecule has 2 aliphatic heterocycles. The van der Waals surface area contributed by atoms with Crippen LogP contribution < -0.4 is 0 Å². The molecule has 0 aliphatic carbocycles. The zero-order valence-electron chi connectivity index (χ0n) is 17.8. The summed E-state index contributed by atoms with van der Waals surface area (Å²) in [7, 11) is 3.95. The number of likely N-dealkylation sites (tertiary alicyclic amines) is 1. The molecular weight excluding hydrogens is 358 g/mol. The van der Waals surface area contributed by atoms with E-state index in [2.05, 4.69) is 64.4 Å². The average Bonchev–Trinajstić information content (AvgIpc) is 2.87. The van der Waals surface area contributed by atoms with E-state index < -0.39 is 0 Å². The number of piperidine rings is 1. The van der Waals surface area contributed by atoms with E-state index in [4.69, 9.17) is 0 Å². The predicted octanol–water partition coefficient (Wildman–Crippen LogP) is 3.56. The van der Waals surface area contributed by atoms with Gasteiger partial charge >= 0.3 is 0 Å². The first-order valence-corrected chi connectivity index (χ1v) is 10.8. The van der Waals surface area contributed by atoms with Crippen LogP contribution in [0.2, 0.25) is 0 Å². The Morgan fingerprint density at radius 3 is 2.48 bits per heavy atom. The number of amides is 1. The maximum Gasteiger partial charge on any atom is 0.237 e. The Kier molecular flexibility index (Phi) is 6.02. The summed E-state index contributed by atoms with van der Waals surface area (Å²) in [5, 5.41) is 0. The maximum atomic E-state index is 13.1. The monoisotopic (exact) mass is 391 g/mol. The van der Waals surface area contributed by atoms with Crippen LogP contribution in [0, 0.1) is 0 Å². The summed E-state index contributed by atoms with van der Waals surface area (Å²) >= 11 is 0. The molecule has 0 saturated carbocycles. The van der Waals surface area contributed by atoms with Crippen molar-refractivity contribution in [3.63, 3.8) is 0 Å². The van der Waals surface area contributed by atoms with E-state index in [0.717, 1.165) is 39.0 Å². The molecule has 1 spiro atoms. The molecule has 0 bridgehead atoms. The van der Waals surface area contributed by atoms with Gasteiger partial charge in [-0.1, -0.05) is 61.0 Å². The zero-order valence-corrected chi connectivity index (χ0v) is 17.8. The summed E-state index contributed by atoms with van der Waals surface area (Å²) in [5.74, 6) is 0.233. The van der Waals surface area contributed by atoms with Crippen molar-refractivity contribution >= 4 is 5.91 Å². The highest BCUT2D eigenvalue weighted by Gasteiger charge is 2.43. The van der Waals surface area contributed by atoms with Crippen molar-refractivity contribution in [1.29, 1.82) is 0 Å². The Labute approximate surface area is 175 Å². The molecule has 0 N–H and O–H groups in total. The second-order valence-electron chi connectivity index (χ2n) is 9.02. The Morgan fingerprint density at radius 1 is 1.00 bits per heavy atom. The molecule has 1 atom stereocenters. The molecule has 2 aromatic carbocycles. The predicted molar refractivity (Wildman–Crippen MR) is 118 cm³/mol. The molecule has 2 heterocycles. The molecule has 2 aromatic rings. The smallest absolute Gasteiger partial charge is 0.237 e. The van der Waals surface area contributed by atoms with Gasteiger partial charge in [-0.15, -0.1) is 0 Å². The summed E-state index contributed by atoms with van der Waals surface area (Å²) in [6.45, 7) is 4.08. The summed E-state index contributed by atoms with van der Waals surface area (Å²) in [4.78, 5) is 19.9. The molecule has 1 amide bonds. The van der Waals surface area contributed by atoms with E-state index in [9.17, 15) is 4.79 Å². The van der Waals surface area contributed by atoms with Gasteiger partial charge in [0.2, 0.25) is 5.91 Å². The number of hydrogen-bond acceptors (Lipinski definition) is 3. The second kappa shape index (κ2) is 8.68. The Morgan fingerprint density at radius 2 is 1.72 bits per heavy atom. The normalized spacial score (nSPS) is 22.5. The fourth-order valence-electron chi connectivity index (χ4n) is 5.04. The van der Waals surface area contributed by atoms with Crippen molar-refractivity contribution in [2.45, 2.75) is 44.3 Å². The van der Waals surface area contributed by atoms with Gasteiger partial charge in [0.05, 0.1) is 6.54 Å². The lowest BCUT2D eigenvalue weighted by atomic mass is 9.80. The summed E-state index contributed by atoms with van der Waals surface area (Å²) in [6, 6.07) is 19.5. The molecule has 4 heteroatoms.